The zero-order valence-corrected chi connectivity index (χ0v) is 23.9. The summed E-state index contributed by atoms with van der Waals surface area (Å²) < 4.78 is 99.8. The van der Waals surface area contributed by atoms with Crippen LogP contribution >= 0.6 is 0 Å². The quantitative estimate of drug-likeness (QED) is 0.257. The van der Waals surface area contributed by atoms with Crippen molar-refractivity contribution < 1.29 is 44.8 Å². The number of hydrogen-bond donors (Lipinski definition) is 2. The molecule has 6 rings (SSSR count). The third-order valence-electron chi connectivity index (χ3n) is 8.83. The van der Waals surface area contributed by atoms with Crippen LogP contribution in [0.4, 0.5) is 30.7 Å². The summed E-state index contributed by atoms with van der Waals surface area (Å²) in [5.41, 5.74) is -0.251. The highest BCUT2D eigenvalue weighted by Crippen LogP contribution is 2.45. The van der Waals surface area contributed by atoms with E-state index >= 15 is 0 Å². The Morgan fingerprint density at radius 2 is 1.60 bits per heavy atom. The lowest BCUT2D eigenvalue weighted by molar-refractivity contribution is -0.134. The van der Waals surface area contributed by atoms with E-state index in [4.69, 9.17) is 0 Å². The number of nitrogens with one attached hydrogen (secondary N) is 2. The molecule has 2 atom stereocenters. The van der Waals surface area contributed by atoms with Crippen LogP contribution in [0.25, 0.3) is 5.78 Å². The standard InChI is InChI=1S/C29H31F7N6O3/c30-27(31)6-3-17(4-7-27)23(40-25(44)24-18(14-45-41-24)12-29(34,35)36)20-13-42-8-5-19(37-26(42)38-20)22(16-1-2-16)39-21(43)9-15-10-28(32,33)11-15/h5,8,13-17,22-23H,1-4,6-7,9-12H2,(H,39,43)(H,40,44)/t22?,23-/m0/s1. The summed E-state index contributed by atoms with van der Waals surface area (Å²) >= 11 is 0. The van der Waals surface area contributed by atoms with E-state index < -0.39 is 72.4 Å². The van der Waals surface area contributed by atoms with Crippen molar-refractivity contribution in [3.63, 3.8) is 0 Å². The largest absolute Gasteiger partial charge is 0.393 e. The number of aromatic nitrogens is 4. The predicted molar refractivity (Wildman–Crippen MR) is 142 cm³/mol. The lowest BCUT2D eigenvalue weighted by atomic mass is 9.79. The number of hydrogen-bond acceptors (Lipinski definition) is 6. The lowest BCUT2D eigenvalue weighted by Crippen LogP contribution is -2.39. The molecular formula is C29H31F7N6O3. The van der Waals surface area contributed by atoms with Gasteiger partial charge in [-0.2, -0.15) is 13.2 Å². The summed E-state index contributed by atoms with van der Waals surface area (Å²) in [4.78, 5) is 35.0. The van der Waals surface area contributed by atoms with E-state index in [0.29, 0.717) is 5.69 Å². The Balaban J connectivity index is 1.23. The highest BCUT2D eigenvalue weighted by Gasteiger charge is 2.46. The molecule has 3 fully saturated rings. The second kappa shape index (κ2) is 11.6. The van der Waals surface area contributed by atoms with Crippen LogP contribution in [0.1, 0.15) is 97.3 Å². The average molecular weight is 645 g/mol. The van der Waals surface area contributed by atoms with Gasteiger partial charge in [-0.1, -0.05) is 5.16 Å². The minimum Gasteiger partial charge on any atom is -0.364 e. The summed E-state index contributed by atoms with van der Waals surface area (Å²) in [5.74, 6) is -7.46. The van der Waals surface area contributed by atoms with Crippen molar-refractivity contribution in [2.45, 2.75) is 94.3 Å². The number of imidazole rings is 1. The molecular weight excluding hydrogens is 613 g/mol. The van der Waals surface area contributed by atoms with Gasteiger partial charge in [-0.25, -0.2) is 27.5 Å². The molecule has 3 aliphatic rings. The van der Waals surface area contributed by atoms with Gasteiger partial charge in [-0.3, -0.25) is 14.0 Å². The predicted octanol–water partition coefficient (Wildman–Crippen LogP) is 6.12. The summed E-state index contributed by atoms with van der Waals surface area (Å²) in [6.07, 6.45) is -1.85. The highest BCUT2D eigenvalue weighted by atomic mass is 19.4. The monoisotopic (exact) mass is 644 g/mol. The zero-order chi connectivity index (χ0) is 32.1. The second-order valence-corrected chi connectivity index (χ2v) is 12.6. The van der Waals surface area contributed by atoms with Crippen molar-refractivity contribution in [2.24, 2.45) is 17.8 Å². The van der Waals surface area contributed by atoms with E-state index in [9.17, 15) is 40.3 Å². The van der Waals surface area contributed by atoms with Crippen LogP contribution in [0.5, 0.6) is 0 Å². The van der Waals surface area contributed by atoms with Crippen LogP contribution in [0.3, 0.4) is 0 Å². The molecule has 0 aliphatic heterocycles. The van der Waals surface area contributed by atoms with Gasteiger partial charge in [-0.15, -0.1) is 0 Å². The fourth-order valence-electron chi connectivity index (χ4n) is 6.34. The smallest absolute Gasteiger partial charge is 0.364 e. The first-order valence-corrected chi connectivity index (χ1v) is 14.9. The Bertz CT molecular complexity index is 1550. The fraction of sp³-hybridized carbons (Fsp3) is 0.621. The first-order chi connectivity index (χ1) is 21.1. The van der Waals surface area contributed by atoms with Crippen LogP contribution in [0.15, 0.2) is 29.2 Å². The summed E-state index contributed by atoms with van der Waals surface area (Å²) in [6.45, 7) is 0. The molecule has 3 saturated carbocycles. The molecule has 2 N–H and O–H groups in total. The average Bonchev–Trinajstić information content (AvgIpc) is 3.52. The molecule has 0 bridgehead atoms. The van der Waals surface area contributed by atoms with E-state index in [1.807, 2.05) is 0 Å². The molecule has 0 radical (unpaired) electrons. The molecule has 3 heterocycles. The SMILES string of the molecule is O=C(CC1CC(F)(F)C1)NC(c1ccn2cc([C@@H](NC(=O)c3nocc3CC(F)(F)F)C3CCC(F)(F)CC3)nc2n1)C1CC1. The van der Waals surface area contributed by atoms with Crippen molar-refractivity contribution >= 4 is 17.6 Å². The first kappa shape index (κ1) is 31.3. The highest BCUT2D eigenvalue weighted by molar-refractivity contribution is 5.93. The van der Waals surface area contributed by atoms with Crippen LogP contribution < -0.4 is 10.6 Å². The van der Waals surface area contributed by atoms with E-state index in [2.05, 4.69) is 30.3 Å². The first-order valence-electron chi connectivity index (χ1n) is 14.9. The van der Waals surface area contributed by atoms with Gasteiger partial charge in [0.25, 0.3) is 5.91 Å². The number of rotatable bonds is 10. The lowest BCUT2D eigenvalue weighted by Gasteiger charge is -2.34. The van der Waals surface area contributed by atoms with Gasteiger partial charge in [0.2, 0.25) is 23.5 Å². The van der Waals surface area contributed by atoms with E-state index in [0.717, 1.165) is 19.1 Å². The molecule has 244 valence electrons. The Morgan fingerprint density at radius 1 is 0.956 bits per heavy atom. The number of carbonyl (C=O) groups is 2. The number of amides is 2. The van der Waals surface area contributed by atoms with Crippen molar-refractivity contribution in [1.82, 2.24) is 30.2 Å². The number of fused-ring (bicyclic) bond motifs is 1. The molecule has 3 aliphatic carbocycles. The summed E-state index contributed by atoms with van der Waals surface area (Å²) in [5, 5.41) is 9.04. The minimum atomic E-state index is -4.62. The zero-order valence-electron chi connectivity index (χ0n) is 23.9. The van der Waals surface area contributed by atoms with Crippen molar-refractivity contribution in [2.75, 3.05) is 0 Å². The van der Waals surface area contributed by atoms with Gasteiger partial charge in [-0.05, 0) is 49.5 Å². The molecule has 0 spiro atoms. The molecule has 3 aromatic rings. The number of nitrogens with zero attached hydrogens (tertiary/aromatic N) is 4. The van der Waals surface area contributed by atoms with E-state index in [1.54, 1.807) is 22.9 Å². The van der Waals surface area contributed by atoms with E-state index in [1.165, 1.54) is 0 Å². The molecule has 3 aromatic heterocycles. The number of carbonyl (C=O) groups excluding carboxylic acids is 2. The molecule has 45 heavy (non-hydrogen) atoms. The minimum absolute atomic E-state index is 0.00734. The maximum absolute atomic E-state index is 14.0. The van der Waals surface area contributed by atoms with Crippen LogP contribution in [0, 0.1) is 17.8 Å². The van der Waals surface area contributed by atoms with Crippen LogP contribution in [-0.2, 0) is 11.2 Å². The Morgan fingerprint density at radius 3 is 2.24 bits per heavy atom. The molecule has 0 aromatic carbocycles. The maximum atomic E-state index is 14.0. The third kappa shape index (κ3) is 7.40. The topological polar surface area (TPSA) is 114 Å². The normalized spacial score (nSPS) is 21.7. The van der Waals surface area contributed by atoms with Crippen LogP contribution in [-0.4, -0.2) is 49.4 Å². The third-order valence-corrected chi connectivity index (χ3v) is 8.83. The van der Waals surface area contributed by atoms with Crippen LogP contribution in [0.2, 0.25) is 0 Å². The Labute approximate surface area is 252 Å². The molecule has 1 unspecified atom stereocenters. The van der Waals surface area contributed by atoms with Crippen molar-refractivity contribution in [3.8, 4) is 0 Å². The maximum Gasteiger partial charge on any atom is 0.393 e. The van der Waals surface area contributed by atoms with Gasteiger partial charge < -0.3 is 15.2 Å². The van der Waals surface area contributed by atoms with Gasteiger partial charge in [0.15, 0.2) is 5.69 Å². The van der Waals surface area contributed by atoms with Gasteiger partial charge >= 0.3 is 6.18 Å². The summed E-state index contributed by atoms with van der Waals surface area (Å²) in [6, 6.07) is 0.277. The molecule has 2 amide bonds. The fourth-order valence-corrected chi connectivity index (χ4v) is 6.34. The molecule has 9 nitrogen and oxygen atoms in total. The van der Waals surface area contributed by atoms with Crippen molar-refractivity contribution in [3.05, 3.63) is 47.4 Å². The van der Waals surface area contributed by atoms with Gasteiger partial charge in [0, 0.05) is 50.1 Å². The van der Waals surface area contributed by atoms with E-state index in [-0.39, 0.29) is 61.3 Å². The van der Waals surface area contributed by atoms with Gasteiger partial charge in [0.1, 0.15) is 6.26 Å². The molecule has 16 heteroatoms. The Hall–Kier alpha value is -3.72. The Kier molecular flexibility index (Phi) is 8.04. The number of halogens is 7. The molecule has 0 saturated heterocycles. The van der Waals surface area contributed by atoms with Gasteiger partial charge in [0.05, 0.1) is 29.9 Å². The van der Waals surface area contributed by atoms with Crippen molar-refractivity contribution in [1.29, 1.82) is 0 Å². The summed E-state index contributed by atoms with van der Waals surface area (Å²) in [7, 11) is 0. The second-order valence-electron chi connectivity index (χ2n) is 12.6. The number of alkyl halides is 7.